The van der Waals surface area contributed by atoms with E-state index in [1.807, 2.05) is 12.2 Å². The third-order valence-electron chi connectivity index (χ3n) is 11.1. The molecule has 0 heterocycles. The van der Waals surface area contributed by atoms with Crippen LogP contribution >= 0.6 is 0 Å². The summed E-state index contributed by atoms with van der Waals surface area (Å²) >= 11 is 0. The lowest BCUT2D eigenvalue weighted by Gasteiger charge is -2.31. The van der Waals surface area contributed by atoms with Crippen molar-refractivity contribution in [3.8, 4) is 22.3 Å². The van der Waals surface area contributed by atoms with E-state index in [1.165, 1.54) is 66.4 Å². The fraction of sp³-hybridized carbons (Fsp3) is 0.0577. The number of aliphatic imine (C=N–C) groups is 1. The molecule has 0 N–H and O–H groups in total. The topological polar surface area (TPSA) is 12.4 Å². The lowest BCUT2D eigenvalue weighted by atomic mass is 9.70. The van der Waals surface area contributed by atoms with E-state index in [0.717, 1.165) is 34.5 Å². The predicted octanol–water partition coefficient (Wildman–Crippen LogP) is 13.1. The summed E-state index contributed by atoms with van der Waals surface area (Å²) in [7, 11) is 0. The van der Waals surface area contributed by atoms with Gasteiger partial charge in [-0.2, -0.15) is 0 Å². The van der Waals surface area contributed by atoms with Crippen LogP contribution in [0.15, 0.2) is 206 Å². The summed E-state index contributed by atoms with van der Waals surface area (Å²) < 4.78 is 0. The molecule has 0 unspecified atom stereocenters. The molecule has 2 aliphatic carbocycles. The number of allylic oxidation sites excluding steroid dienone is 5. The van der Waals surface area contributed by atoms with Gasteiger partial charge in [0, 0.05) is 11.1 Å². The first-order chi connectivity index (χ1) is 26.1. The second kappa shape index (κ2) is 13.2. The summed E-state index contributed by atoms with van der Waals surface area (Å²) in [6.07, 6.45) is 6.82. The van der Waals surface area contributed by atoms with Crippen molar-refractivity contribution < 1.29 is 0 Å². The lowest BCUT2D eigenvalue weighted by molar-refractivity contribution is 0.767. The van der Waals surface area contributed by atoms with Crippen LogP contribution in [-0.4, -0.2) is 5.71 Å². The van der Waals surface area contributed by atoms with Crippen LogP contribution in [0.3, 0.4) is 0 Å². The first-order valence-electron chi connectivity index (χ1n) is 18.3. The number of fused-ring (bicyclic) bond motifs is 8. The Bertz CT molecular complexity index is 2610. The van der Waals surface area contributed by atoms with Crippen LogP contribution in [0.25, 0.3) is 44.3 Å². The van der Waals surface area contributed by atoms with Gasteiger partial charge in [-0.25, -0.2) is 4.99 Å². The van der Waals surface area contributed by atoms with Gasteiger partial charge >= 0.3 is 0 Å². The number of rotatable bonds is 8. The van der Waals surface area contributed by atoms with E-state index in [0.29, 0.717) is 0 Å². The van der Waals surface area contributed by atoms with E-state index in [1.54, 1.807) is 0 Å². The van der Waals surface area contributed by atoms with Crippen molar-refractivity contribution in [1.29, 1.82) is 0 Å². The Labute approximate surface area is 312 Å². The minimum atomic E-state index is -0.426. The molecule has 1 spiro atoms. The summed E-state index contributed by atoms with van der Waals surface area (Å²) in [4.78, 5) is 5.57. The molecule has 53 heavy (non-hydrogen) atoms. The van der Waals surface area contributed by atoms with Gasteiger partial charge in [0.25, 0.3) is 0 Å². The summed E-state index contributed by atoms with van der Waals surface area (Å²) in [5.74, 6) is 0. The molecule has 0 atom stereocenters. The normalized spacial score (nSPS) is 14.1. The maximum atomic E-state index is 5.57. The molecule has 2 aliphatic rings. The fourth-order valence-electron chi connectivity index (χ4n) is 8.72. The molecule has 0 saturated carbocycles. The highest BCUT2D eigenvalue weighted by molar-refractivity contribution is 6.38. The van der Waals surface area contributed by atoms with E-state index in [9.17, 15) is 0 Å². The molecule has 0 aliphatic heterocycles. The van der Waals surface area contributed by atoms with Crippen LogP contribution in [0.2, 0.25) is 0 Å². The summed E-state index contributed by atoms with van der Waals surface area (Å²) in [6.45, 7) is 10.7. The molecule has 1 heteroatoms. The second-order valence-corrected chi connectivity index (χ2v) is 14.0. The second-order valence-electron chi connectivity index (χ2n) is 14.0. The highest BCUT2D eigenvalue weighted by atomic mass is 14.8. The monoisotopic (exact) mass is 677 g/mol. The molecule has 7 aromatic carbocycles. The van der Waals surface area contributed by atoms with Crippen molar-refractivity contribution in [3.05, 3.63) is 240 Å². The molecule has 252 valence electrons. The van der Waals surface area contributed by atoms with E-state index in [2.05, 4.69) is 190 Å². The molecular formula is C52H39N. The Morgan fingerprint density at radius 3 is 1.81 bits per heavy atom. The smallest absolute Gasteiger partial charge is 0.0793 e. The summed E-state index contributed by atoms with van der Waals surface area (Å²) in [5.41, 5.74) is 17.2. The van der Waals surface area contributed by atoms with E-state index in [4.69, 9.17) is 4.99 Å². The Morgan fingerprint density at radius 2 is 1.15 bits per heavy atom. The molecule has 0 bridgehead atoms. The molecule has 9 rings (SSSR count). The van der Waals surface area contributed by atoms with Crippen LogP contribution in [0.1, 0.15) is 45.9 Å². The number of hydrogen-bond donors (Lipinski definition) is 0. The van der Waals surface area contributed by atoms with Crippen LogP contribution in [-0.2, 0) is 11.8 Å². The number of benzene rings is 7. The van der Waals surface area contributed by atoms with Crippen LogP contribution in [0.5, 0.6) is 0 Å². The number of hydrogen-bond acceptors (Lipinski definition) is 1. The average Bonchev–Trinajstić information content (AvgIpc) is 3.66. The highest BCUT2D eigenvalue weighted by Gasteiger charge is 2.52. The fourth-order valence-corrected chi connectivity index (χ4v) is 8.72. The standard InChI is InChI=1S/C52H39N/c1-4-5-6-16-37-27-29-39(30-28-37)40-33-31-38(32-34-40)36(3)53-51(45-23-15-18-41-17-7-8-19-42(41)45)50-35(2)52(49-26-14-11-22-46(49)50)47-24-12-9-20-43(47)44-21-10-13-25-48(44)52/h4-15,17-34H,1,3,16H2,2H3/b6-5-,53-51-. The van der Waals surface area contributed by atoms with Crippen molar-refractivity contribution in [1.82, 2.24) is 0 Å². The van der Waals surface area contributed by atoms with Crippen molar-refractivity contribution in [2.75, 3.05) is 0 Å². The van der Waals surface area contributed by atoms with Gasteiger partial charge in [0.2, 0.25) is 0 Å². The zero-order valence-electron chi connectivity index (χ0n) is 29.9. The molecule has 7 aromatic rings. The van der Waals surface area contributed by atoms with Gasteiger partial charge in [-0.1, -0.05) is 195 Å². The van der Waals surface area contributed by atoms with Gasteiger partial charge < -0.3 is 0 Å². The minimum Gasteiger partial charge on any atom is -0.248 e. The molecule has 1 nitrogen and oxygen atoms in total. The molecule has 0 fully saturated rings. The van der Waals surface area contributed by atoms with Crippen molar-refractivity contribution in [3.63, 3.8) is 0 Å². The highest BCUT2D eigenvalue weighted by Crippen LogP contribution is 2.62. The largest absolute Gasteiger partial charge is 0.248 e. The zero-order valence-corrected chi connectivity index (χ0v) is 29.9. The Morgan fingerprint density at radius 1 is 0.604 bits per heavy atom. The Kier molecular flexibility index (Phi) is 8.05. The Balaban J connectivity index is 1.21. The minimum absolute atomic E-state index is 0.426. The summed E-state index contributed by atoms with van der Waals surface area (Å²) in [6, 6.07) is 59.4. The van der Waals surface area contributed by atoms with Gasteiger partial charge in [0.15, 0.2) is 0 Å². The predicted molar refractivity (Wildman–Crippen MR) is 225 cm³/mol. The van der Waals surface area contributed by atoms with Gasteiger partial charge in [0.1, 0.15) is 0 Å². The maximum absolute atomic E-state index is 5.57. The quantitative estimate of drug-likeness (QED) is 0.112. The van der Waals surface area contributed by atoms with Crippen molar-refractivity contribution >= 4 is 27.8 Å². The van der Waals surface area contributed by atoms with E-state index >= 15 is 0 Å². The first kappa shape index (κ1) is 32.3. The molecule has 0 aromatic heterocycles. The van der Waals surface area contributed by atoms with E-state index in [-0.39, 0.29) is 0 Å². The molecule has 0 amide bonds. The maximum Gasteiger partial charge on any atom is 0.0793 e. The van der Waals surface area contributed by atoms with Crippen LogP contribution < -0.4 is 0 Å². The molecular weight excluding hydrogens is 639 g/mol. The van der Waals surface area contributed by atoms with E-state index < -0.39 is 5.41 Å². The summed E-state index contributed by atoms with van der Waals surface area (Å²) in [5, 5.41) is 2.36. The SMILES string of the molecule is C=C/C=C\Cc1ccc(-c2ccc(C(=C)/N=C(\C3=C(C)C4(c5ccccc53)c3ccccc3-c3ccccc34)c3cccc4ccccc34)cc2)cc1. The Hall–Kier alpha value is -6.57. The van der Waals surface area contributed by atoms with Gasteiger partial charge in [-0.05, 0) is 85.3 Å². The van der Waals surface area contributed by atoms with Crippen molar-refractivity contribution in [2.45, 2.75) is 18.8 Å². The zero-order chi connectivity index (χ0) is 35.9. The molecule has 0 saturated heterocycles. The average molecular weight is 678 g/mol. The lowest BCUT2D eigenvalue weighted by Crippen LogP contribution is -2.26. The molecule has 0 radical (unpaired) electrons. The first-order valence-corrected chi connectivity index (χ1v) is 18.3. The van der Waals surface area contributed by atoms with Gasteiger partial charge in [-0.3, -0.25) is 0 Å². The number of nitrogens with zero attached hydrogens (tertiary/aromatic N) is 1. The third-order valence-corrected chi connectivity index (χ3v) is 11.1. The van der Waals surface area contributed by atoms with Crippen LogP contribution in [0, 0.1) is 0 Å². The third kappa shape index (κ3) is 5.20. The van der Waals surface area contributed by atoms with Crippen LogP contribution in [0.4, 0.5) is 0 Å². The van der Waals surface area contributed by atoms with Gasteiger partial charge in [0.05, 0.1) is 16.8 Å². The van der Waals surface area contributed by atoms with Gasteiger partial charge in [-0.15, -0.1) is 0 Å². The van der Waals surface area contributed by atoms with Crippen molar-refractivity contribution in [2.24, 2.45) is 4.99 Å².